The van der Waals surface area contributed by atoms with E-state index in [-0.39, 0.29) is 11.4 Å². The van der Waals surface area contributed by atoms with Gasteiger partial charge in [-0.2, -0.15) is 11.8 Å². The first-order valence-electron chi connectivity index (χ1n) is 7.53. The van der Waals surface area contributed by atoms with Crippen LogP contribution in [0, 0.1) is 5.41 Å². The highest BCUT2D eigenvalue weighted by Gasteiger charge is 2.30. The molecule has 0 saturated carbocycles. The molecule has 0 spiro atoms. The van der Waals surface area contributed by atoms with Crippen molar-refractivity contribution in [3.05, 3.63) is 0 Å². The summed E-state index contributed by atoms with van der Waals surface area (Å²) in [7, 11) is 2.16. The summed E-state index contributed by atoms with van der Waals surface area (Å²) >= 11 is 1.79. The number of carbonyl (C=O) groups is 1. The Labute approximate surface area is 128 Å². The number of nitrogens with zero attached hydrogens (tertiary/aromatic N) is 2. The molecule has 0 atom stereocenters. The van der Waals surface area contributed by atoms with Crippen LogP contribution in [-0.4, -0.2) is 74.2 Å². The Bertz CT molecular complexity index is 290. The van der Waals surface area contributed by atoms with Crippen molar-refractivity contribution in [1.29, 1.82) is 0 Å². The number of hydrogen-bond donors (Lipinski definition) is 0. The smallest absolute Gasteiger partial charge is 0.311 e. The third-order valence-electron chi connectivity index (χ3n) is 3.93. The minimum Gasteiger partial charge on any atom is -0.465 e. The number of carbonyl (C=O) groups excluding carboxylic acids is 1. The fourth-order valence-corrected chi connectivity index (χ4v) is 2.58. The summed E-state index contributed by atoms with van der Waals surface area (Å²) in [5.74, 6) is 1.00. The van der Waals surface area contributed by atoms with E-state index < -0.39 is 0 Å². The van der Waals surface area contributed by atoms with Crippen molar-refractivity contribution >= 4 is 17.7 Å². The van der Waals surface area contributed by atoms with Crippen LogP contribution in [0.15, 0.2) is 0 Å². The first kappa shape index (κ1) is 17.8. The summed E-state index contributed by atoms with van der Waals surface area (Å²) in [5, 5.41) is 0. The average Bonchev–Trinajstić information content (AvgIpc) is 2.43. The molecule has 0 bridgehead atoms. The predicted octanol–water partition coefficient (Wildman–Crippen LogP) is 1.95. The number of esters is 1. The molecule has 0 unspecified atom stereocenters. The second kappa shape index (κ2) is 8.90. The summed E-state index contributed by atoms with van der Waals surface area (Å²) < 4.78 is 5.39. The lowest BCUT2D eigenvalue weighted by atomic mass is 9.89. The molecule has 1 aliphatic heterocycles. The zero-order valence-corrected chi connectivity index (χ0v) is 14.3. The first-order valence-corrected chi connectivity index (χ1v) is 8.92. The second-order valence-corrected chi connectivity index (χ2v) is 7.25. The Kier molecular flexibility index (Phi) is 7.92. The molecule has 118 valence electrons. The van der Waals surface area contributed by atoms with Crippen molar-refractivity contribution in [2.24, 2.45) is 5.41 Å². The Morgan fingerprint density at radius 2 is 1.90 bits per heavy atom. The number of hydrogen-bond acceptors (Lipinski definition) is 5. The minimum atomic E-state index is -0.372. The summed E-state index contributed by atoms with van der Waals surface area (Å²) in [4.78, 5) is 16.9. The van der Waals surface area contributed by atoms with Crippen LogP contribution in [0.4, 0.5) is 0 Å². The highest BCUT2D eigenvalue weighted by atomic mass is 32.2. The molecular weight excluding hydrogens is 272 g/mol. The SMILES string of the molecule is CSCCCOC(=O)C(C)(C)CCN1CCN(C)CC1. The van der Waals surface area contributed by atoms with E-state index in [1.807, 2.05) is 13.8 Å². The molecule has 0 radical (unpaired) electrons. The van der Waals surface area contributed by atoms with E-state index in [1.165, 1.54) is 0 Å². The van der Waals surface area contributed by atoms with E-state index in [4.69, 9.17) is 4.74 Å². The van der Waals surface area contributed by atoms with E-state index in [9.17, 15) is 4.79 Å². The van der Waals surface area contributed by atoms with Gasteiger partial charge in [-0.15, -0.1) is 0 Å². The zero-order chi connectivity index (χ0) is 15.0. The number of thioether (sulfide) groups is 1. The van der Waals surface area contributed by atoms with Gasteiger partial charge in [0.05, 0.1) is 12.0 Å². The molecular formula is C15H30N2O2S. The molecule has 20 heavy (non-hydrogen) atoms. The van der Waals surface area contributed by atoms with Gasteiger partial charge >= 0.3 is 5.97 Å². The lowest BCUT2D eigenvalue weighted by Crippen LogP contribution is -2.45. The fraction of sp³-hybridized carbons (Fsp3) is 0.933. The normalized spacial score (nSPS) is 18.2. The molecule has 0 amide bonds. The van der Waals surface area contributed by atoms with Crippen molar-refractivity contribution in [3.63, 3.8) is 0 Å². The molecule has 0 N–H and O–H groups in total. The van der Waals surface area contributed by atoms with E-state index >= 15 is 0 Å². The molecule has 1 heterocycles. The summed E-state index contributed by atoms with van der Waals surface area (Å²) in [5.41, 5.74) is -0.372. The van der Waals surface area contributed by atoms with Crippen LogP contribution >= 0.6 is 11.8 Å². The van der Waals surface area contributed by atoms with Gasteiger partial charge in [-0.25, -0.2) is 0 Å². The van der Waals surface area contributed by atoms with Crippen LogP contribution in [0.3, 0.4) is 0 Å². The maximum Gasteiger partial charge on any atom is 0.311 e. The highest BCUT2D eigenvalue weighted by molar-refractivity contribution is 7.98. The van der Waals surface area contributed by atoms with Crippen LogP contribution in [0.2, 0.25) is 0 Å². The number of piperazine rings is 1. The van der Waals surface area contributed by atoms with Crippen molar-refractivity contribution in [2.75, 3.05) is 58.4 Å². The highest BCUT2D eigenvalue weighted by Crippen LogP contribution is 2.23. The van der Waals surface area contributed by atoms with Crippen LogP contribution in [-0.2, 0) is 9.53 Å². The third-order valence-corrected chi connectivity index (χ3v) is 4.62. The summed E-state index contributed by atoms with van der Waals surface area (Å²) in [6, 6.07) is 0. The minimum absolute atomic E-state index is 0.0484. The number of ether oxygens (including phenoxy) is 1. The lowest BCUT2D eigenvalue weighted by Gasteiger charge is -2.34. The van der Waals surface area contributed by atoms with E-state index in [0.29, 0.717) is 6.61 Å². The molecule has 0 aliphatic carbocycles. The monoisotopic (exact) mass is 302 g/mol. The maximum atomic E-state index is 12.1. The largest absolute Gasteiger partial charge is 0.465 e. The second-order valence-electron chi connectivity index (χ2n) is 6.26. The molecule has 1 aliphatic rings. The Balaban J connectivity index is 2.23. The Morgan fingerprint density at radius 1 is 1.25 bits per heavy atom. The van der Waals surface area contributed by atoms with Gasteiger partial charge in [0.1, 0.15) is 0 Å². The lowest BCUT2D eigenvalue weighted by molar-refractivity contribution is -0.154. The van der Waals surface area contributed by atoms with Crippen LogP contribution in [0.25, 0.3) is 0 Å². The molecule has 5 heteroatoms. The molecule has 1 fully saturated rings. The van der Waals surface area contributed by atoms with E-state index in [1.54, 1.807) is 11.8 Å². The maximum absolute atomic E-state index is 12.1. The van der Waals surface area contributed by atoms with Crippen molar-refractivity contribution in [1.82, 2.24) is 9.80 Å². The van der Waals surface area contributed by atoms with Gasteiger partial charge in [-0.1, -0.05) is 0 Å². The zero-order valence-electron chi connectivity index (χ0n) is 13.5. The summed E-state index contributed by atoms with van der Waals surface area (Å²) in [6.45, 7) is 10.0. The van der Waals surface area contributed by atoms with E-state index in [2.05, 4.69) is 23.1 Å². The molecule has 4 nitrogen and oxygen atoms in total. The average molecular weight is 302 g/mol. The van der Waals surface area contributed by atoms with Crippen molar-refractivity contribution in [2.45, 2.75) is 26.7 Å². The standard InChI is InChI=1S/C15H30N2O2S/c1-15(2,14(18)19-12-5-13-20-4)6-7-17-10-8-16(3)9-11-17/h5-13H2,1-4H3. The van der Waals surface area contributed by atoms with Crippen LogP contribution in [0.5, 0.6) is 0 Å². The topological polar surface area (TPSA) is 32.8 Å². The van der Waals surface area contributed by atoms with Gasteiger partial charge in [0.25, 0.3) is 0 Å². The van der Waals surface area contributed by atoms with Gasteiger partial charge in [0, 0.05) is 26.2 Å². The quantitative estimate of drug-likeness (QED) is 0.505. The summed E-state index contributed by atoms with van der Waals surface area (Å²) in [6.07, 6.45) is 3.89. The molecule has 1 rings (SSSR count). The van der Waals surface area contributed by atoms with Gasteiger partial charge in [0.15, 0.2) is 0 Å². The van der Waals surface area contributed by atoms with Crippen LogP contribution < -0.4 is 0 Å². The predicted molar refractivity (Wildman–Crippen MR) is 86.3 cm³/mol. The van der Waals surface area contributed by atoms with Gasteiger partial charge in [-0.3, -0.25) is 4.79 Å². The fourth-order valence-electron chi connectivity index (χ4n) is 2.17. The molecule has 0 aromatic rings. The molecule has 0 aromatic heterocycles. The Hall–Kier alpha value is -0.260. The first-order chi connectivity index (χ1) is 9.45. The Morgan fingerprint density at radius 3 is 2.50 bits per heavy atom. The molecule has 0 aromatic carbocycles. The van der Waals surface area contributed by atoms with Gasteiger partial charge < -0.3 is 14.5 Å². The van der Waals surface area contributed by atoms with Gasteiger partial charge in [0.2, 0.25) is 0 Å². The third kappa shape index (κ3) is 6.46. The van der Waals surface area contributed by atoms with Crippen molar-refractivity contribution in [3.8, 4) is 0 Å². The molecule has 1 saturated heterocycles. The number of rotatable bonds is 8. The van der Waals surface area contributed by atoms with E-state index in [0.717, 1.165) is 51.3 Å². The number of likely N-dealkylation sites (N-methyl/N-ethyl adjacent to an activating group) is 1. The van der Waals surface area contributed by atoms with Gasteiger partial charge in [-0.05, 0) is 52.3 Å². The van der Waals surface area contributed by atoms with Crippen molar-refractivity contribution < 1.29 is 9.53 Å². The van der Waals surface area contributed by atoms with Crippen LogP contribution in [0.1, 0.15) is 26.7 Å².